The van der Waals surface area contributed by atoms with Crippen molar-refractivity contribution in [2.24, 2.45) is 0 Å². The van der Waals surface area contributed by atoms with E-state index in [4.69, 9.17) is 11.0 Å². The molecule has 0 fully saturated rings. The number of rotatable bonds is 4. The molecule has 0 atom stereocenters. The summed E-state index contributed by atoms with van der Waals surface area (Å²) in [6.07, 6.45) is 1.20. The van der Waals surface area contributed by atoms with E-state index in [1.165, 1.54) is 13.5 Å². The Morgan fingerprint density at radius 3 is 3.11 bits per heavy atom. The Labute approximate surface area is 111 Å². The molecule has 2 rings (SSSR count). The second-order valence-electron chi connectivity index (χ2n) is 3.35. The predicted octanol–water partition coefficient (Wildman–Crippen LogP) is 0.984. The fourth-order valence-corrected chi connectivity index (χ4v) is 2.34. The van der Waals surface area contributed by atoms with Gasteiger partial charge in [0.1, 0.15) is 21.5 Å². The Morgan fingerprint density at radius 1 is 1.74 bits per heavy atom. The molecule has 0 aliphatic carbocycles. The molecule has 0 bridgehead atoms. The number of nitriles is 1. The average molecular weight is 279 g/mol. The number of ether oxygens (including phenoxy) is 1. The highest BCUT2D eigenvalue weighted by molar-refractivity contribution is 7.18. The molecule has 0 saturated heterocycles. The van der Waals surface area contributed by atoms with Crippen LogP contribution in [0, 0.1) is 11.3 Å². The first-order valence-corrected chi connectivity index (χ1v) is 5.88. The SMILES string of the molecule is COC(=O)c1sc(NCc2ncon2)c(C#N)c1N. The van der Waals surface area contributed by atoms with Crippen molar-refractivity contribution < 1.29 is 14.1 Å². The first-order valence-electron chi connectivity index (χ1n) is 5.07. The summed E-state index contributed by atoms with van der Waals surface area (Å²) in [6, 6.07) is 1.94. The van der Waals surface area contributed by atoms with Gasteiger partial charge in [0.2, 0.25) is 6.39 Å². The third-order valence-corrected chi connectivity index (χ3v) is 3.39. The van der Waals surface area contributed by atoms with Gasteiger partial charge in [-0.05, 0) is 0 Å². The van der Waals surface area contributed by atoms with Crippen molar-refractivity contribution in [3.05, 3.63) is 22.7 Å². The quantitative estimate of drug-likeness (QED) is 0.793. The molecular weight excluding hydrogens is 270 g/mol. The first kappa shape index (κ1) is 12.8. The Morgan fingerprint density at radius 2 is 2.53 bits per heavy atom. The zero-order valence-electron chi connectivity index (χ0n) is 9.84. The molecule has 9 heteroatoms. The van der Waals surface area contributed by atoms with Crippen LogP contribution in [0.1, 0.15) is 21.1 Å². The Bertz CT molecular complexity index is 628. The van der Waals surface area contributed by atoms with Crippen LogP contribution in [0.5, 0.6) is 0 Å². The maximum Gasteiger partial charge on any atom is 0.350 e. The Balaban J connectivity index is 2.25. The van der Waals surface area contributed by atoms with Gasteiger partial charge in [0.15, 0.2) is 5.82 Å². The normalized spacial score (nSPS) is 9.89. The van der Waals surface area contributed by atoms with Gasteiger partial charge in [-0.1, -0.05) is 5.16 Å². The second kappa shape index (κ2) is 5.36. The van der Waals surface area contributed by atoms with E-state index < -0.39 is 5.97 Å². The smallest absolute Gasteiger partial charge is 0.350 e. The number of nitrogen functional groups attached to an aromatic ring is 1. The van der Waals surface area contributed by atoms with E-state index >= 15 is 0 Å². The number of nitrogens with two attached hydrogens (primary N) is 1. The van der Waals surface area contributed by atoms with Crippen LogP contribution in [0.25, 0.3) is 0 Å². The van der Waals surface area contributed by atoms with Crippen LogP contribution in [0.2, 0.25) is 0 Å². The van der Waals surface area contributed by atoms with Crippen LogP contribution in [0.15, 0.2) is 10.9 Å². The highest BCUT2D eigenvalue weighted by Gasteiger charge is 2.21. The minimum Gasteiger partial charge on any atom is -0.465 e. The largest absolute Gasteiger partial charge is 0.465 e. The van der Waals surface area contributed by atoms with E-state index in [0.29, 0.717) is 10.8 Å². The van der Waals surface area contributed by atoms with E-state index in [0.717, 1.165) is 11.3 Å². The van der Waals surface area contributed by atoms with Gasteiger partial charge in [0.05, 0.1) is 19.3 Å². The number of nitrogens with one attached hydrogen (secondary N) is 1. The molecular formula is C10H9N5O3S. The fraction of sp³-hybridized carbons (Fsp3) is 0.200. The number of thiophene rings is 1. The van der Waals surface area contributed by atoms with Gasteiger partial charge in [-0.15, -0.1) is 11.3 Å². The molecule has 0 aliphatic heterocycles. The van der Waals surface area contributed by atoms with Gasteiger partial charge >= 0.3 is 5.97 Å². The third kappa shape index (κ3) is 2.48. The minimum atomic E-state index is -0.577. The summed E-state index contributed by atoms with van der Waals surface area (Å²) in [5.74, 6) is -0.151. The van der Waals surface area contributed by atoms with E-state index in [9.17, 15) is 4.79 Å². The maximum atomic E-state index is 11.5. The van der Waals surface area contributed by atoms with E-state index in [1.807, 2.05) is 6.07 Å². The van der Waals surface area contributed by atoms with Crippen LogP contribution in [0.4, 0.5) is 10.7 Å². The molecule has 0 amide bonds. The molecule has 3 N–H and O–H groups in total. The van der Waals surface area contributed by atoms with E-state index in [1.54, 1.807) is 0 Å². The van der Waals surface area contributed by atoms with Crippen LogP contribution in [0.3, 0.4) is 0 Å². The van der Waals surface area contributed by atoms with Gasteiger partial charge < -0.3 is 20.3 Å². The highest BCUT2D eigenvalue weighted by Crippen LogP contribution is 2.35. The lowest BCUT2D eigenvalue weighted by Gasteiger charge is -1.99. The van der Waals surface area contributed by atoms with Gasteiger partial charge in [0.25, 0.3) is 0 Å². The summed E-state index contributed by atoms with van der Waals surface area (Å²) in [7, 11) is 1.25. The van der Waals surface area contributed by atoms with Crippen molar-refractivity contribution in [2.75, 3.05) is 18.2 Å². The number of esters is 1. The van der Waals surface area contributed by atoms with Crippen LogP contribution >= 0.6 is 11.3 Å². The first-order chi connectivity index (χ1) is 9.17. The summed E-state index contributed by atoms with van der Waals surface area (Å²) in [6.45, 7) is 0.256. The van der Waals surface area contributed by atoms with Gasteiger partial charge in [-0.2, -0.15) is 10.2 Å². The number of carbonyl (C=O) groups excluding carboxylic acids is 1. The number of anilines is 2. The molecule has 0 aromatic carbocycles. The monoisotopic (exact) mass is 279 g/mol. The summed E-state index contributed by atoms with van der Waals surface area (Å²) < 4.78 is 9.18. The predicted molar refractivity (Wildman–Crippen MR) is 66.4 cm³/mol. The number of hydrogen-bond donors (Lipinski definition) is 2. The van der Waals surface area contributed by atoms with Crippen LogP contribution in [-0.4, -0.2) is 23.2 Å². The molecule has 19 heavy (non-hydrogen) atoms. The summed E-state index contributed by atoms with van der Waals surface area (Å²) >= 11 is 1.05. The molecule has 0 spiro atoms. The highest BCUT2D eigenvalue weighted by atomic mass is 32.1. The van der Waals surface area contributed by atoms with Gasteiger partial charge in [-0.3, -0.25) is 0 Å². The standard InChI is InChI=1S/C10H9N5O3S/c1-17-10(16)8-7(12)5(2-11)9(19-8)13-3-6-14-4-18-15-6/h4,13H,3,12H2,1H3. The van der Waals surface area contributed by atoms with E-state index in [2.05, 4.69) is 24.7 Å². The van der Waals surface area contributed by atoms with Crippen molar-refractivity contribution in [1.29, 1.82) is 5.26 Å². The number of hydrogen-bond acceptors (Lipinski definition) is 9. The second-order valence-corrected chi connectivity index (χ2v) is 4.37. The maximum absolute atomic E-state index is 11.5. The van der Waals surface area contributed by atoms with Crippen LogP contribution < -0.4 is 11.1 Å². The van der Waals surface area contributed by atoms with Gasteiger partial charge in [0, 0.05) is 0 Å². The minimum absolute atomic E-state index is 0.106. The summed E-state index contributed by atoms with van der Waals surface area (Å²) in [5.41, 5.74) is 6.05. The van der Waals surface area contributed by atoms with Crippen molar-refractivity contribution in [3.8, 4) is 6.07 Å². The molecule has 8 nitrogen and oxygen atoms in total. The molecule has 0 saturated carbocycles. The number of aromatic nitrogens is 2. The number of nitrogens with zero attached hydrogens (tertiary/aromatic N) is 3. The summed E-state index contributed by atoms with van der Waals surface area (Å²) in [4.78, 5) is 15.5. The fourth-order valence-electron chi connectivity index (χ4n) is 1.35. The molecule has 0 aliphatic rings. The third-order valence-electron chi connectivity index (χ3n) is 2.24. The summed E-state index contributed by atoms with van der Waals surface area (Å²) in [5, 5.41) is 16.1. The van der Waals surface area contributed by atoms with Crippen molar-refractivity contribution in [3.63, 3.8) is 0 Å². The number of methoxy groups -OCH3 is 1. The topological polar surface area (TPSA) is 127 Å². The Hall–Kier alpha value is -2.60. The van der Waals surface area contributed by atoms with Crippen LogP contribution in [-0.2, 0) is 11.3 Å². The Kier molecular flexibility index (Phi) is 3.63. The molecule has 2 aromatic heterocycles. The van der Waals surface area contributed by atoms with Crippen molar-refractivity contribution in [1.82, 2.24) is 10.1 Å². The lowest BCUT2D eigenvalue weighted by Crippen LogP contribution is -2.02. The molecule has 0 unspecified atom stereocenters. The lowest BCUT2D eigenvalue weighted by molar-refractivity contribution is 0.0607. The molecule has 2 aromatic rings. The van der Waals surface area contributed by atoms with Crippen molar-refractivity contribution in [2.45, 2.75) is 6.54 Å². The average Bonchev–Trinajstić information content (AvgIpc) is 3.03. The molecule has 2 heterocycles. The zero-order chi connectivity index (χ0) is 13.8. The molecule has 0 radical (unpaired) electrons. The van der Waals surface area contributed by atoms with Gasteiger partial charge in [-0.25, -0.2) is 4.79 Å². The van der Waals surface area contributed by atoms with Crippen molar-refractivity contribution >= 4 is 28.0 Å². The zero-order valence-corrected chi connectivity index (χ0v) is 10.7. The van der Waals surface area contributed by atoms with E-state index in [-0.39, 0.29) is 22.7 Å². The number of carbonyl (C=O) groups is 1. The molecule has 98 valence electrons. The lowest BCUT2D eigenvalue weighted by atomic mass is 10.2.